The summed E-state index contributed by atoms with van der Waals surface area (Å²) in [5.74, 6) is 0.378. The third-order valence-corrected chi connectivity index (χ3v) is 8.74. The summed E-state index contributed by atoms with van der Waals surface area (Å²) < 4.78 is 43.4. The van der Waals surface area contributed by atoms with Crippen molar-refractivity contribution < 1.29 is 17.6 Å². The lowest BCUT2D eigenvalue weighted by Gasteiger charge is -2.33. The van der Waals surface area contributed by atoms with E-state index in [0.29, 0.717) is 17.5 Å². The van der Waals surface area contributed by atoms with E-state index in [-0.39, 0.29) is 10.8 Å². The first-order chi connectivity index (χ1) is 16.3. The first-order valence-electron chi connectivity index (χ1n) is 12.0. The predicted octanol–water partition coefficient (Wildman–Crippen LogP) is 5.01. The quantitative estimate of drug-likeness (QED) is 0.554. The number of fused-ring (bicyclic) bond motifs is 1. The van der Waals surface area contributed by atoms with E-state index in [2.05, 4.69) is 15.5 Å². The maximum atomic E-state index is 13.2. The fraction of sp³-hybridized carbons (Fsp3) is 0.423. The lowest BCUT2D eigenvalue weighted by molar-refractivity contribution is -0.136. The molecule has 0 unspecified atom stereocenters. The SMILES string of the molecule is Cn1cc(C2CCN(C(=O)C3CCCC3)CC2)c2cc(NS(=O)(=O)c3ccc(F)cc3)ccc21. The maximum absolute atomic E-state index is 13.2. The Bertz CT molecular complexity index is 1300. The molecule has 2 fully saturated rings. The average molecular weight is 484 g/mol. The summed E-state index contributed by atoms with van der Waals surface area (Å²) in [6.45, 7) is 1.54. The molecule has 0 radical (unpaired) electrons. The van der Waals surface area contributed by atoms with Crippen LogP contribution in [0.15, 0.2) is 53.6 Å². The molecule has 0 bridgehead atoms. The number of aromatic nitrogens is 1. The minimum Gasteiger partial charge on any atom is -0.350 e. The van der Waals surface area contributed by atoms with Crippen molar-refractivity contribution in [2.45, 2.75) is 49.3 Å². The van der Waals surface area contributed by atoms with Crippen LogP contribution in [-0.2, 0) is 21.9 Å². The molecule has 0 spiro atoms. The van der Waals surface area contributed by atoms with Gasteiger partial charge in [0.05, 0.1) is 4.90 Å². The Hall–Kier alpha value is -2.87. The van der Waals surface area contributed by atoms with Gasteiger partial charge < -0.3 is 9.47 Å². The highest BCUT2D eigenvalue weighted by molar-refractivity contribution is 7.92. The molecule has 6 nitrogen and oxygen atoms in total. The van der Waals surface area contributed by atoms with Gasteiger partial charge in [-0.15, -0.1) is 0 Å². The molecule has 2 aliphatic rings. The second-order valence-corrected chi connectivity index (χ2v) is 11.3. The molecule has 180 valence electrons. The third kappa shape index (κ3) is 4.43. The summed E-state index contributed by atoms with van der Waals surface area (Å²) in [5, 5.41) is 1.02. The molecule has 1 aromatic heterocycles. The van der Waals surface area contributed by atoms with Crippen LogP contribution in [0.2, 0.25) is 0 Å². The number of benzene rings is 2. The summed E-state index contributed by atoms with van der Waals surface area (Å²) in [7, 11) is -1.83. The first kappa shape index (κ1) is 22.9. The number of carbonyl (C=O) groups is 1. The number of likely N-dealkylation sites (tertiary alicyclic amines) is 1. The summed E-state index contributed by atoms with van der Waals surface area (Å²) in [5.41, 5.74) is 2.69. The van der Waals surface area contributed by atoms with Crippen molar-refractivity contribution in [1.29, 1.82) is 0 Å². The number of carbonyl (C=O) groups excluding carboxylic acids is 1. The molecule has 1 aliphatic heterocycles. The standard InChI is InChI=1S/C26H30FN3O3S/c1-29-17-24(18-12-14-30(15-13-18)26(31)19-4-2-3-5-19)23-16-21(8-11-25(23)29)28-34(32,33)22-9-6-20(27)7-10-22/h6-11,16-19,28H,2-5,12-15H2,1H3. The van der Waals surface area contributed by atoms with E-state index in [1.54, 1.807) is 6.07 Å². The molecule has 2 heterocycles. The smallest absolute Gasteiger partial charge is 0.261 e. The molecular formula is C26H30FN3O3S. The van der Waals surface area contributed by atoms with Gasteiger partial charge in [0.15, 0.2) is 0 Å². The van der Waals surface area contributed by atoms with Gasteiger partial charge in [-0.1, -0.05) is 12.8 Å². The van der Waals surface area contributed by atoms with Crippen LogP contribution in [0.1, 0.15) is 50.0 Å². The number of aryl methyl sites for hydroxylation is 1. The van der Waals surface area contributed by atoms with Crippen LogP contribution in [0, 0.1) is 11.7 Å². The van der Waals surface area contributed by atoms with Crippen molar-refractivity contribution in [1.82, 2.24) is 9.47 Å². The Labute approximate surface area is 199 Å². The Morgan fingerprint density at radius 3 is 2.35 bits per heavy atom. The molecule has 1 N–H and O–H groups in total. The Balaban J connectivity index is 1.35. The van der Waals surface area contributed by atoms with Crippen LogP contribution in [0.25, 0.3) is 10.9 Å². The van der Waals surface area contributed by atoms with Gasteiger partial charge in [-0.2, -0.15) is 0 Å². The lowest BCUT2D eigenvalue weighted by atomic mass is 9.88. The van der Waals surface area contributed by atoms with Crippen molar-refractivity contribution in [3.8, 4) is 0 Å². The highest BCUT2D eigenvalue weighted by Crippen LogP contribution is 2.37. The van der Waals surface area contributed by atoms with Gasteiger partial charge in [-0.05, 0) is 79.6 Å². The van der Waals surface area contributed by atoms with E-state index in [1.165, 1.54) is 17.7 Å². The molecule has 1 saturated heterocycles. The number of nitrogens with zero attached hydrogens (tertiary/aromatic N) is 2. The zero-order valence-corrected chi connectivity index (χ0v) is 20.2. The van der Waals surface area contributed by atoms with E-state index in [0.717, 1.165) is 74.7 Å². The Morgan fingerprint density at radius 1 is 1.00 bits per heavy atom. The van der Waals surface area contributed by atoms with Gasteiger partial charge in [0.2, 0.25) is 5.91 Å². The van der Waals surface area contributed by atoms with E-state index < -0.39 is 15.8 Å². The zero-order chi connectivity index (χ0) is 23.9. The summed E-state index contributed by atoms with van der Waals surface area (Å²) in [4.78, 5) is 14.9. The van der Waals surface area contributed by atoms with Crippen molar-refractivity contribution in [3.63, 3.8) is 0 Å². The fourth-order valence-corrected chi connectivity index (χ4v) is 6.53. The molecular weight excluding hydrogens is 453 g/mol. The number of sulfonamides is 1. The van der Waals surface area contributed by atoms with Gasteiger partial charge >= 0.3 is 0 Å². The second kappa shape index (κ2) is 9.06. The molecule has 34 heavy (non-hydrogen) atoms. The molecule has 2 aromatic carbocycles. The Kier molecular flexibility index (Phi) is 6.10. The summed E-state index contributed by atoms with van der Waals surface area (Å²) in [6.07, 6.45) is 8.32. The highest BCUT2D eigenvalue weighted by atomic mass is 32.2. The molecule has 5 rings (SSSR count). The molecule has 0 atom stereocenters. The van der Waals surface area contributed by atoms with Crippen LogP contribution < -0.4 is 4.72 Å². The van der Waals surface area contributed by atoms with Crippen molar-refractivity contribution in [2.24, 2.45) is 13.0 Å². The van der Waals surface area contributed by atoms with E-state index in [1.807, 2.05) is 24.1 Å². The Morgan fingerprint density at radius 2 is 1.68 bits per heavy atom. The molecule has 8 heteroatoms. The average Bonchev–Trinajstić information content (AvgIpc) is 3.47. The minimum absolute atomic E-state index is 0.0154. The lowest BCUT2D eigenvalue weighted by Crippen LogP contribution is -2.40. The number of anilines is 1. The topological polar surface area (TPSA) is 71.4 Å². The van der Waals surface area contributed by atoms with Crippen molar-refractivity contribution in [2.75, 3.05) is 17.8 Å². The zero-order valence-electron chi connectivity index (χ0n) is 19.3. The predicted molar refractivity (Wildman–Crippen MR) is 131 cm³/mol. The molecule has 1 amide bonds. The highest BCUT2D eigenvalue weighted by Gasteiger charge is 2.31. The van der Waals surface area contributed by atoms with Gasteiger partial charge in [0.25, 0.3) is 10.0 Å². The number of halogens is 1. The normalized spacial score (nSPS) is 18.0. The number of rotatable bonds is 5. The van der Waals surface area contributed by atoms with Gasteiger partial charge in [-0.3, -0.25) is 9.52 Å². The number of amides is 1. The molecule has 3 aromatic rings. The monoisotopic (exact) mass is 483 g/mol. The van der Waals surface area contributed by atoms with Gasteiger partial charge in [0, 0.05) is 48.8 Å². The van der Waals surface area contributed by atoms with Crippen LogP contribution in [-0.4, -0.2) is 36.9 Å². The van der Waals surface area contributed by atoms with Crippen molar-refractivity contribution >= 4 is 32.5 Å². The number of hydrogen-bond acceptors (Lipinski definition) is 3. The summed E-state index contributed by atoms with van der Waals surface area (Å²) in [6, 6.07) is 10.3. The number of nitrogens with one attached hydrogen (secondary N) is 1. The van der Waals surface area contributed by atoms with Crippen LogP contribution in [0.5, 0.6) is 0 Å². The van der Waals surface area contributed by atoms with E-state index >= 15 is 0 Å². The summed E-state index contributed by atoms with van der Waals surface area (Å²) >= 11 is 0. The van der Waals surface area contributed by atoms with Crippen LogP contribution in [0.3, 0.4) is 0 Å². The largest absolute Gasteiger partial charge is 0.350 e. The van der Waals surface area contributed by atoms with Gasteiger partial charge in [-0.25, -0.2) is 12.8 Å². The van der Waals surface area contributed by atoms with E-state index in [4.69, 9.17) is 0 Å². The van der Waals surface area contributed by atoms with Gasteiger partial charge in [0.1, 0.15) is 5.82 Å². The third-order valence-electron chi connectivity index (χ3n) is 7.35. The molecule has 1 aliphatic carbocycles. The fourth-order valence-electron chi connectivity index (χ4n) is 5.48. The van der Waals surface area contributed by atoms with Crippen LogP contribution >= 0.6 is 0 Å². The maximum Gasteiger partial charge on any atom is 0.261 e. The van der Waals surface area contributed by atoms with Crippen molar-refractivity contribution in [3.05, 3.63) is 60.0 Å². The minimum atomic E-state index is -3.82. The molecule has 1 saturated carbocycles. The first-order valence-corrected chi connectivity index (χ1v) is 13.5. The second-order valence-electron chi connectivity index (χ2n) is 9.57. The van der Waals surface area contributed by atoms with Crippen LogP contribution in [0.4, 0.5) is 10.1 Å². The number of hydrogen-bond donors (Lipinski definition) is 1. The number of piperidine rings is 1. The van der Waals surface area contributed by atoms with E-state index in [9.17, 15) is 17.6 Å².